The molecule has 1 fully saturated rings. The Hall–Kier alpha value is -0.610. The van der Waals surface area contributed by atoms with Crippen LogP contribution in [0.2, 0.25) is 0 Å². The Balaban J connectivity index is 1.92. The predicted octanol–water partition coefficient (Wildman–Crippen LogP) is 3.27. The van der Waals surface area contributed by atoms with E-state index in [9.17, 15) is 0 Å². The second-order valence-corrected chi connectivity index (χ2v) is 6.57. The largest absolute Gasteiger partial charge is 0.345 e. The van der Waals surface area contributed by atoms with Crippen LogP contribution in [0.5, 0.6) is 0 Å². The summed E-state index contributed by atoms with van der Waals surface area (Å²) in [6.07, 6.45) is 6.02. The highest BCUT2D eigenvalue weighted by Crippen LogP contribution is 2.33. The van der Waals surface area contributed by atoms with Crippen LogP contribution in [0.1, 0.15) is 44.9 Å². The lowest BCUT2D eigenvalue weighted by atomic mass is 10.3. The summed E-state index contributed by atoms with van der Waals surface area (Å²) in [4.78, 5) is 8.41. The van der Waals surface area contributed by atoms with Crippen LogP contribution in [-0.2, 0) is 6.54 Å². The Morgan fingerprint density at radius 2 is 2.28 bits per heavy atom. The van der Waals surface area contributed by atoms with Gasteiger partial charge in [0.25, 0.3) is 0 Å². The van der Waals surface area contributed by atoms with E-state index in [0.717, 1.165) is 19.0 Å². The molecule has 1 saturated carbocycles. The van der Waals surface area contributed by atoms with Gasteiger partial charge in [0.2, 0.25) is 0 Å². The number of anilines is 1. The zero-order chi connectivity index (χ0) is 13.0. The van der Waals surface area contributed by atoms with E-state index in [0.29, 0.717) is 6.04 Å². The monoisotopic (exact) mass is 267 g/mol. The molecule has 0 saturated heterocycles. The fourth-order valence-electron chi connectivity index (χ4n) is 1.99. The molecule has 0 spiro atoms. The molecular weight excluding hydrogens is 242 g/mol. The van der Waals surface area contributed by atoms with Crippen LogP contribution >= 0.6 is 11.3 Å². The molecule has 0 aromatic carbocycles. The van der Waals surface area contributed by atoms with Gasteiger partial charge < -0.3 is 10.2 Å². The molecule has 0 atom stereocenters. The van der Waals surface area contributed by atoms with Crippen LogP contribution in [0.15, 0.2) is 6.20 Å². The summed E-state index contributed by atoms with van der Waals surface area (Å²) in [5, 5.41) is 4.64. The average Bonchev–Trinajstić information content (AvgIpc) is 3.05. The van der Waals surface area contributed by atoms with E-state index in [1.54, 1.807) is 0 Å². The Kier molecular flexibility index (Phi) is 5.01. The Morgan fingerprint density at radius 3 is 2.89 bits per heavy atom. The van der Waals surface area contributed by atoms with Gasteiger partial charge in [-0.3, -0.25) is 0 Å². The first-order valence-electron chi connectivity index (χ1n) is 7.12. The van der Waals surface area contributed by atoms with Crippen LogP contribution < -0.4 is 10.2 Å². The van der Waals surface area contributed by atoms with Gasteiger partial charge in [0.1, 0.15) is 0 Å². The summed E-state index contributed by atoms with van der Waals surface area (Å²) in [5.41, 5.74) is 0. The van der Waals surface area contributed by atoms with Crippen molar-refractivity contribution in [2.75, 3.05) is 18.0 Å². The molecule has 0 bridgehead atoms. The van der Waals surface area contributed by atoms with Gasteiger partial charge in [-0.2, -0.15) is 0 Å². The number of hydrogen-bond acceptors (Lipinski definition) is 4. The number of hydrogen-bond donors (Lipinski definition) is 1. The van der Waals surface area contributed by atoms with Gasteiger partial charge in [0, 0.05) is 30.2 Å². The van der Waals surface area contributed by atoms with Gasteiger partial charge >= 0.3 is 0 Å². The summed E-state index contributed by atoms with van der Waals surface area (Å²) in [6, 6.07) is 0.549. The van der Waals surface area contributed by atoms with Gasteiger partial charge in [-0.15, -0.1) is 11.3 Å². The topological polar surface area (TPSA) is 28.2 Å². The van der Waals surface area contributed by atoms with E-state index in [1.807, 2.05) is 17.5 Å². The van der Waals surface area contributed by atoms with Crippen molar-refractivity contribution in [3.05, 3.63) is 11.1 Å². The van der Waals surface area contributed by atoms with Gasteiger partial charge in [-0.05, 0) is 45.6 Å². The lowest BCUT2D eigenvalue weighted by molar-refractivity contribution is 0.643. The fourth-order valence-corrected chi connectivity index (χ4v) is 3.01. The highest BCUT2D eigenvalue weighted by Gasteiger charge is 2.26. The summed E-state index contributed by atoms with van der Waals surface area (Å²) in [5.74, 6) is 0.915. The standard InChI is InChI=1S/C14H25N3S/c1-4-7-15-8-13-9-16-14(18-13)17(11(2)3)10-12-5-6-12/h9,11-12,15H,4-8,10H2,1-3H3. The average molecular weight is 267 g/mol. The first kappa shape index (κ1) is 13.8. The molecular formula is C14H25N3S. The smallest absolute Gasteiger partial charge is 0.185 e. The van der Waals surface area contributed by atoms with Gasteiger partial charge in [-0.1, -0.05) is 6.92 Å². The molecule has 4 heteroatoms. The molecule has 1 aliphatic carbocycles. The van der Waals surface area contributed by atoms with E-state index in [-0.39, 0.29) is 0 Å². The molecule has 3 nitrogen and oxygen atoms in total. The molecule has 1 heterocycles. The van der Waals surface area contributed by atoms with Crippen molar-refractivity contribution < 1.29 is 0 Å². The Morgan fingerprint density at radius 1 is 1.50 bits per heavy atom. The van der Waals surface area contributed by atoms with Crippen LogP contribution in [-0.4, -0.2) is 24.1 Å². The highest BCUT2D eigenvalue weighted by atomic mass is 32.1. The predicted molar refractivity (Wildman–Crippen MR) is 79.3 cm³/mol. The maximum Gasteiger partial charge on any atom is 0.185 e. The van der Waals surface area contributed by atoms with E-state index in [1.165, 1.54) is 35.8 Å². The number of nitrogens with one attached hydrogen (secondary N) is 1. The zero-order valence-electron chi connectivity index (χ0n) is 11.8. The SMILES string of the molecule is CCCNCc1cnc(N(CC2CC2)C(C)C)s1. The number of rotatable bonds is 8. The molecule has 1 aromatic rings. The van der Waals surface area contributed by atoms with E-state index < -0.39 is 0 Å². The molecule has 2 rings (SSSR count). The summed E-state index contributed by atoms with van der Waals surface area (Å²) in [6.45, 7) is 9.95. The van der Waals surface area contributed by atoms with Crippen LogP contribution in [0.25, 0.3) is 0 Å². The van der Waals surface area contributed by atoms with Crippen molar-refractivity contribution in [3.8, 4) is 0 Å². The molecule has 18 heavy (non-hydrogen) atoms. The zero-order valence-corrected chi connectivity index (χ0v) is 12.6. The molecule has 1 N–H and O–H groups in total. The van der Waals surface area contributed by atoms with Crippen molar-refractivity contribution in [1.82, 2.24) is 10.3 Å². The molecule has 0 radical (unpaired) electrons. The third-order valence-electron chi connectivity index (χ3n) is 3.29. The highest BCUT2D eigenvalue weighted by molar-refractivity contribution is 7.15. The molecule has 0 unspecified atom stereocenters. The van der Waals surface area contributed by atoms with Crippen LogP contribution in [0, 0.1) is 5.92 Å². The molecule has 0 amide bonds. The van der Waals surface area contributed by atoms with Crippen molar-refractivity contribution in [2.24, 2.45) is 5.92 Å². The van der Waals surface area contributed by atoms with Crippen LogP contribution in [0.4, 0.5) is 5.13 Å². The first-order chi connectivity index (χ1) is 8.70. The normalized spacial score (nSPS) is 15.3. The third-order valence-corrected chi connectivity index (χ3v) is 4.32. The van der Waals surface area contributed by atoms with Gasteiger partial charge in [-0.25, -0.2) is 4.98 Å². The second kappa shape index (κ2) is 6.53. The Labute approximate surface area is 115 Å². The summed E-state index contributed by atoms with van der Waals surface area (Å²) >= 11 is 1.84. The first-order valence-corrected chi connectivity index (χ1v) is 7.94. The van der Waals surface area contributed by atoms with Gasteiger partial charge in [0.15, 0.2) is 5.13 Å². The van der Waals surface area contributed by atoms with Crippen molar-refractivity contribution in [1.29, 1.82) is 0 Å². The van der Waals surface area contributed by atoms with Crippen molar-refractivity contribution in [2.45, 2.75) is 52.6 Å². The minimum Gasteiger partial charge on any atom is -0.345 e. The molecule has 1 aromatic heterocycles. The number of thiazole rings is 1. The molecule has 0 aliphatic heterocycles. The van der Waals surface area contributed by atoms with Crippen molar-refractivity contribution >= 4 is 16.5 Å². The van der Waals surface area contributed by atoms with E-state index in [2.05, 4.69) is 36.0 Å². The maximum absolute atomic E-state index is 4.60. The lowest BCUT2D eigenvalue weighted by Crippen LogP contribution is -2.32. The Bertz CT molecular complexity index is 358. The van der Waals surface area contributed by atoms with E-state index >= 15 is 0 Å². The quantitative estimate of drug-likeness (QED) is 0.733. The summed E-state index contributed by atoms with van der Waals surface area (Å²) in [7, 11) is 0. The van der Waals surface area contributed by atoms with Crippen LogP contribution in [0.3, 0.4) is 0 Å². The second-order valence-electron chi connectivity index (χ2n) is 5.48. The minimum atomic E-state index is 0.549. The summed E-state index contributed by atoms with van der Waals surface area (Å²) < 4.78 is 0. The van der Waals surface area contributed by atoms with E-state index in [4.69, 9.17) is 0 Å². The number of aromatic nitrogens is 1. The minimum absolute atomic E-state index is 0.549. The fraction of sp³-hybridized carbons (Fsp3) is 0.786. The van der Waals surface area contributed by atoms with Gasteiger partial charge in [0.05, 0.1) is 0 Å². The third kappa shape index (κ3) is 3.95. The molecule has 1 aliphatic rings. The molecule has 102 valence electrons. The lowest BCUT2D eigenvalue weighted by Gasteiger charge is -2.26. The van der Waals surface area contributed by atoms with Crippen molar-refractivity contribution in [3.63, 3.8) is 0 Å². The number of nitrogens with zero attached hydrogens (tertiary/aromatic N) is 2. The maximum atomic E-state index is 4.60.